The minimum Gasteiger partial charge on any atom is -0.272 e. The molecule has 2 fully saturated rings. The van der Waals surface area contributed by atoms with Crippen LogP contribution in [0.25, 0.3) is 0 Å². The zero-order chi connectivity index (χ0) is 21.0. The van der Waals surface area contributed by atoms with Crippen molar-refractivity contribution in [1.82, 2.24) is 15.0 Å². The van der Waals surface area contributed by atoms with Gasteiger partial charge in [-0.1, -0.05) is 30.3 Å². The number of unbranched alkanes of at least 4 members (excludes halogenated alkanes) is 1. The Bertz CT molecular complexity index is 969. The Kier molecular flexibility index (Phi) is 6.05. The highest BCUT2D eigenvalue weighted by molar-refractivity contribution is 7.99. The molecule has 0 atom stereocenters. The van der Waals surface area contributed by atoms with Gasteiger partial charge in [0.15, 0.2) is 0 Å². The lowest BCUT2D eigenvalue weighted by Gasteiger charge is -2.31. The first-order chi connectivity index (χ1) is 14.7. The summed E-state index contributed by atoms with van der Waals surface area (Å²) in [5, 5.41) is 12.6. The number of hydrazine groups is 1. The van der Waals surface area contributed by atoms with E-state index in [9.17, 15) is 9.59 Å². The van der Waals surface area contributed by atoms with Crippen molar-refractivity contribution in [3.05, 3.63) is 59.8 Å². The summed E-state index contributed by atoms with van der Waals surface area (Å²) in [7, 11) is 0. The van der Waals surface area contributed by atoms with E-state index >= 15 is 0 Å². The molecular weight excluding hydrogens is 396 g/mol. The topological polar surface area (TPSA) is 77.3 Å². The molecule has 1 saturated carbocycles. The van der Waals surface area contributed by atoms with E-state index < -0.39 is 5.41 Å². The Labute approximate surface area is 180 Å². The molecule has 1 aliphatic heterocycles. The van der Waals surface area contributed by atoms with Crippen LogP contribution in [-0.2, 0) is 10.2 Å². The van der Waals surface area contributed by atoms with E-state index in [4.69, 9.17) is 5.26 Å². The molecule has 6 nitrogen and oxygen atoms in total. The van der Waals surface area contributed by atoms with Gasteiger partial charge < -0.3 is 0 Å². The van der Waals surface area contributed by atoms with Crippen LogP contribution < -0.4 is 0 Å². The monoisotopic (exact) mass is 420 g/mol. The average molecular weight is 421 g/mol. The van der Waals surface area contributed by atoms with Crippen molar-refractivity contribution in [2.45, 2.75) is 42.5 Å². The molecular formula is C23H24N4O2S. The number of aromatic nitrogens is 1. The first-order valence-corrected chi connectivity index (χ1v) is 11.3. The molecule has 1 aliphatic carbocycles. The largest absolute Gasteiger partial charge is 0.275 e. The van der Waals surface area contributed by atoms with Gasteiger partial charge in [0.05, 0.1) is 17.0 Å². The molecule has 0 spiro atoms. The lowest BCUT2D eigenvalue weighted by molar-refractivity contribution is -0.143. The van der Waals surface area contributed by atoms with Crippen LogP contribution in [0, 0.1) is 11.3 Å². The van der Waals surface area contributed by atoms with Crippen LogP contribution in [0.1, 0.15) is 48.0 Å². The Hall–Kier alpha value is -2.85. The molecule has 30 heavy (non-hydrogen) atoms. The summed E-state index contributed by atoms with van der Waals surface area (Å²) < 4.78 is 0. The number of nitriles is 1. The van der Waals surface area contributed by atoms with Gasteiger partial charge in [-0.3, -0.25) is 14.6 Å². The van der Waals surface area contributed by atoms with Crippen LogP contribution in [0.2, 0.25) is 0 Å². The molecule has 1 aromatic carbocycles. The Morgan fingerprint density at radius 3 is 2.60 bits per heavy atom. The van der Waals surface area contributed by atoms with E-state index in [-0.39, 0.29) is 11.8 Å². The summed E-state index contributed by atoms with van der Waals surface area (Å²) in [6, 6.07) is 15.5. The van der Waals surface area contributed by atoms with Gasteiger partial charge >= 0.3 is 0 Å². The number of amides is 2. The molecule has 1 aromatic heterocycles. The first kappa shape index (κ1) is 20.4. The Morgan fingerprint density at radius 2 is 1.87 bits per heavy atom. The van der Waals surface area contributed by atoms with E-state index in [0.29, 0.717) is 30.1 Å². The lowest BCUT2D eigenvalue weighted by Crippen LogP contribution is -2.49. The summed E-state index contributed by atoms with van der Waals surface area (Å²) in [6.45, 7) is 1.09. The van der Waals surface area contributed by atoms with Gasteiger partial charge in [-0.05, 0) is 43.4 Å². The van der Waals surface area contributed by atoms with Crippen molar-refractivity contribution >= 4 is 23.6 Å². The van der Waals surface area contributed by atoms with Crippen molar-refractivity contribution < 1.29 is 9.59 Å². The number of hydrogen-bond acceptors (Lipinski definition) is 5. The fourth-order valence-electron chi connectivity index (χ4n) is 3.92. The standard InChI is InChI=1S/C23H24N4O2S/c24-13-4-5-17-30-20-19(10-6-14-25-20)21(28)26-15-7-16-27(26)22(29)23(11-12-23)18-8-2-1-3-9-18/h1-3,6,8-10,14H,4-5,7,11-12,15-17H2. The van der Waals surface area contributed by atoms with Crippen molar-refractivity contribution in [2.75, 3.05) is 18.8 Å². The second kappa shape index (κ2) is 8.88. The third kappa shape index (κ3) is 3.92. The van der Waals surface area contributed by atoms with Crippen LogP contribution in [0.3, 0.4) is 0 Å². The highest BCUT2D eigenvalue weighted by Crippen LogP contribution is 2.50. The number of carbonyl (C=O) groups is 2. The fraction of sp³-hybridized carbons (Fsp3) is 0.391. The summed E-state index contributed by atoms with van der Waals surface area (Å²) in [4.78, 5) is 31.2. The molecule has 1 saturated heterocycles. The summed E-state index contributed by atoms with van der Waals surface area (Å²) in [5.41, 5.74) is 1.06. The smallest absolute Gasteiger partial charge is 0.272 e. The molecule has 0 radical (unpaired) electrons. The molecule has 154 valence electrons. The van der Waals surface area contributed by atoms with Crippen LogP contribution in [0.4, 0.5) is 0 Å². The van der Waals surface area contributed by atoms with Gasteiger partial charge in [-0.2, -0.15) is 5.26 Å². The van der Waals surface area contributed by atoms with Gasteiger partial charge in [0, 0.05) is 31.5 Å². The summed E-state index contributed by atoms with van der Waals surface area (Å²) in [5.74, 6) is 0.567. The highest BCUT2D eigenvalue weighted by Gasteiger charge is 2.55. The van der Waals surface area contributed by atoms with E-state index in [1.807, 2.05) is 30.3 Å². The summed E-state index contributed by atoms with van der Waals surface area (Å²) >= 11 is 1.49. The molecule has 2 heterocycles. The molecule has 0 N–H and O–H groups in total. The number of benzene rings is 1. The second-order valence-corrected chi connectivity index (χ2v) is 8.71. The SMILES string of the molecule is N#CCCCSc1ncccc1C(=O)N1CCCN1C(=O)C1(c2ccccc2)CC1. The van der Waals surface area contributed by atoms with Crippen molar-refractivity contribution in [2.24, 2.45) is 0 Å². The van der Waals surface area contributed by atoms with Crippen LogP contribution >= 0.6 is 11.8 Å². The minimum atomic E-state index is -0.492. The second-order valence-electron chi connectivity index (χ2n) is 7.62. The lowest BCUT2D eigenvalue weighted by atomic mass is 9.95. The zero-order valence-electron chi connectivity index (χ0n) is 16.8. The fourth-order valence-corrected chi connectivity index (χ4v) is 4.85. The first-order valence-electron chi connectivity index (χ1n) is 10.3. The zero-order valence-corrected chi connectivity index (χ0v) is 17.6. The highest BCUT2D eigenvalue weighted by atomic mass is 32.2. The molecule has 2 amide bonds. The third-order valence-corrected chi connectivity index (χ3v) is 6.75. The van der Waals surface area contributed by atoms with Gasteiger partial charge in [-0.25, -0.2) is 9.99 Å². The van der Waals surface area contributed by atoms with Crippen LogP contribution in [-0.4, -0.2) is 45.7 Å². The van der Waals surface area contributed by atoms with Crippen molar-refractivity contribution in [1.29, 1.82) is 5.26 Å². The Balaban J connectivity index is 1.53. The van der Waals surface area contributed by atoms with E-state index in [1.165, 1.54) is 11.8 Å². The molecule has 0 unspecified atom stereocenters. The normalized spacial score (nSPS) is 16.9. The van der Waals surface area contributed by atoms with Crippen molar-refractivity contribution in [3.63, 3.8) is 0 Å². The van der Waals surface area contributed by atoms with E-state index in [1.54, 1.807) is 28.3 Å². The van der Waals surface area contributed by atoms with Gasteiger partial charge in [0.1, 0.15) is 5.03 Å². The molecule has 2 aliphatic rings. The number of nitrogens with zero attached hydrogens (tertiary/aromatic N) is 4. The van der Waals surface area contributed by atoms with Crippen LogP contribution in [0.5, 0.6) is 0 Å². The Morgan fingerprint density at radius 1 is 1.10 bits per heavy atom. The average Bonchev–Trinajstić information content (AvgIpc) is 3.46. The maximum Gasteiger partial charge on any atom is 0.275 e. The molecule has 2 aromatic rings. The predicted molar refractivity (Wildman–Crippen MR) is 115 cm³/mol. The number of rotatable bonds is 7. The molecule has 0 bridgehead atoms. The van der Waals surface area contributed by atoms with Gasteiger partial charge in [0.25, 0.3) is 11.8 Å². The van der Waals surface area contributed by atoms with E-state index in [2.05, 4.69) is 11.1 Å². The third-order valence-electron chi connectivity index (χ3n) is 5.66. The van der Waals surface area contributed by atoms with Crippen molar-refractivity contribution in [3.8, 4) is 6.07 Å². The number of pyridine rings is 1. The summed E-state index contributed by atoms with van der Waals surface area (Å²) in [6.07, 6.45) is 5.32. The maximum absolute atomic E-state index is 13.5. The minimum absolute atomic E-state index is 0.0201. The number of carbonyl (C=O) groups excluding carboxylic acids is 2. The van der Waals surface area contributed by atoms with E-state index in [0.717, 1.165) is 37.0 Å². The van der Waals surface area contributed by atoms with Crippen LogP contribution in [0.15, 0.2) is 53.7 Å². The maximum atomic E-state index is 13.5. The molecule has 4 rings (SSSR count). The quantitative estimate of drug-likeness (QED) is 0.503. The predicted octanol–water partition coefficient (Wildman–Crippen LogP) is 3.80. The van der Waals surface area contributed by atoms with Gasteiger partial charge in [-0.15, -0.1) is 11.8 Å². The number of hydrogen-bond donors (Lipinski definition) is 0. The number of thioether (sulfide) groups is 1. The van der Waals surface area contributed by atoms with Gasteiger partial charge in [0.2, 0.25) is 0 Å². The molecule has 7 heteroatoms.